The summed E-state index contributed by atoms with van der Waals surface area (Å²) in [7, 11) is -0.122. The number of carbonyl (C=O) groups is 1. The normalized spacial score (nSPS) is 22.8. The zero-order chi connectivity index (χ0) is 23.0. The maximum atomic E-state index is 12.8. The molecule has 1 amide bonds. The molecule has 2 aliphatic heterocycles. The number of halogens is 2. The van der Waals surface area contributed by atoms with E-state index < -0.39 is 9.84 Å². The summed E-state index contributed by atoms with van der Waals surface area (Å²) in [6, 6.07) is 9.81. The van der Waals surface area contributed by atoms with Crippen LogP contribution in [0.1, 0.15) is 5.56 Å². The molecule has 0 radical (unpaired) electrons. The highest BCUT2D eigenvalue weighted by molar-refractivity contribution is 8.16. The Balaban J connectivity index is 1.65. The minimum Gasteiger partial charge on any atom is -0.493 e. The van der Waals surface area contributed by atoms with Gasteiger partial charge in [0.25, 0.3) is 5.91 Å². The quantitative estimate of drug-likeness (QED) is 0.598. The van der Waals surface area contributed by atoms with Gasteiger partial charge in [-0.2, -0.15) is 4.99 Å². The number of nitrogens with zero attached hydrogens (tertiary/aromatic N) is 2. The van der Waals surface area contributed by atoms with E-state index in [1.54, 1.807) is 48.4 Å². The Morgan fingerprint density at radius 2 is 1.88 bits per heavy atom. The van der Waals surface area contributed by atoms with Crippen molar-refractivity contribution in [1.82, 2.24) is 0 Å². The number of carbonyl (C=O) groups excluding carboxylic acids is 1. The molecule has 0 spiro atoms. The molecule has 2 atom stereocenters. The molecule has 11 heteroatoms. The topological polar surface area (TPSA) is 85.3 Å². The van der Waals surface area contributed by atoms with E-state index in [1.165, 1.54) is 18.9 Å². The largest absolute Gasteiger partial charge is 0.493 e. The molecular formula is C21H20Cl2N2O5S2. The maximum Gasteiger partial charge on any atom is 0.252 e. The fraction of sp³-hybridized carbons (Fsp3) is 0.333. The third-order valence-electron chi connectivity index (χ3n) is 5.26. The molecular weight excluding hydrogens is 495 g/mol. The lowest BCUT2D eigenvalue weighted by molar-refractivity contribution is -0.117. The van der Waals surface area contributed by atoms with Gasteiger partial charge in [0.15, 0.2) is 26.5 Å². The smallest absolute Gasteiger partial charge is 0.252 e. The minimum absolute atomic E-state index is 0.0277. The Hall–Kier alpha value is -1.94. The van der Waals surface area contributed by atoms with Gasteiger partial charge in [-0.15, -0.1) is 0 Å². The SMILES string of the molecule is COc1ccc(CC(=O)N=C2S[C@H]3CS(=O)(=O)C[C@H]3N2c2cc(Cl)ccc2Cl)cc1OC. The Bertz CT molecular complexity index is 1200. The van der Waals surface area contributed by atoms with Crippen molar-refractivity contribution >= 4 is 61.6 Å². The second-order valence-corrected chi connectivity index (χ2v) is 11.6. The van der Waals surface area contributed by atoms with Crippen LogP contribution in [0, 0.1) is 0 Å². The first-order valence-corrected chi connectivity index (χ1v) is 13.1. The second kappa shape index (κ2) is 9.13. The number of hydrogen-bond donors (Lipinski definition) is 0. The highest BCUT2D eigenvalue weighted by Gasteiger charge is 2.49. The fourth-order valence-corrected chi connectivity index (χ4v) is 8.13. The third kappa shape index (κ3) is 4.71. The van der Waals surface area contributed by atoms with Gasteiger partial charge in [-0.25, -0.2) is 8.42 Å². The van der Waals surface area contributed by atoms with Crippen molar-refractivity contribution in [3.05, 3.63) is 52.0 Å². The molecule has 4 rings (SSSR count). The van der Waals surface area contributed by atoms with Crippen molar-refractivity contribution in [2.75, 3.05) is 30.6 Å². The number of amidine groups is 1. The number of amides is 1. The van der Waals surface area contributed by atoms with Crippen LogP contribution < -0.4 is 14.4 Å². The van der Waals surface area contributed by atoms with Crippen LogP contribution in [0.4, 0.5) is 5.69 Å². The van der Waals surface area contributed by atoms with Gasteiger partial charge >= 0.3 is 0 Å². The average molecular weight is 515 g/mol. The highest BCUT2D eigenvalue weighted by atomic mass is 35.5. The predicted molar refractivity (Wildman–Crippen MR) is 128 cm³/mol. The zero-order valence-electron chi connectivity index (χ0n) is 17.2. The number of fused-ring (bicyclic) bond motifs is 1. The van der Waals surface area contributed by atoms with Gasteiger partial charge in [0.1, 0.15) is 0 Å². The Kier molecular flexibility index (Phi) is 6.63. The number of aliphatic imine (C=N–C) groups is 1. The molecule has 2 fully saturated rings. The minimum atomic E-state index is -3.19. The molecule has 0 saturated carbocycles. The van der Waals surface area contributed by atoms with Crippen molar-refractivity contribution in [3.63, 3.8) is 0 Å². The number of hydrogen-bond acceptors (Lipinski definition) is 6. The molecule has 0 aliphatic carbocycles. The molecule has 2 aromatic rings. The van der Waals surface area contributed by atoms with Gasteiger partial charge in [-0.3, -0.25) is 4.79 Å². The molecule has 0 bridgehead atoms. The Morgan fingerprint density at radius 3 is 2.59 bits per heavy atom. The molecule has 2 saturated heterocycles. The molecule has 0 unspecified atom stereocenters. The first-order valence-electron chi connectivity index (χ1n) is 9.64. The second-order valence-electron chi connectivity index (χ2n) is 7.42. The van der Waals surface area contributed by atoms with Gasteiger partial charge in [0, 0.05) is 10.3 Å². The van der Waals surface area contributed by atoms with Crippen molar-refractivity contribution in [2.45, 2.75) is 17.7 Å². The number of thioether (sulfide) groups is 1. The van der Waals surface area contributed by atoms with E-state index in [4.69, 9.17) is 32.7 Å². The highest BCUT2D eigenvalue weighted by Crippen LogP contribution is 2.43. The number of rotatable bonds is 5. The van der Waals surface area contributed by atoms with Crippen LogP contribution in [0.5, 0.6) is 11.5 Å². The molecule has 0 N–H and O–H groups in total. The van der Waals surface area contributed by atoms with E-state index in [9.17, 15) is 13.2 Å². The summed E-state index contributed by atoms with van der Waals surface area (Å²) in [5, 5.41) is 1.04. The average Bonchev–Trinajstić information content (AvgIpc) is 3.20. The third-order valence-corrected chi connectivity index (χ3v) is 9.02. The van der Waals surface area contributed by atoms with E-state index in [-0.39, 0.29) is 35.1 Å². The number of sulfone groups is 1. The van der Waals surface area contributed by atoms with Gasteiger partial charge in [-0.05, 0) is 35.9 Å². The summed E-state index contributed by atoms with van der Waals surface area (Å²) in [4.78, 5) is 18.9. The van der Waals surface area contributed by atoms with Gasteiger partial charge in [-0.1, -0.05) is 41.0 Å². The summed E-state index contributed by atoms with van der Waals surface area (Å²) in [5.41, 5.74) is 1.25. The van der Waals surface area contributed by atoms with Crippen molar-refractivity contribution < 1.29 is 22.7 Å². The van der Waals surface area contributed by atoms with Gasteiger partial charge in [0.05, 0.1) is 48.9 Å². The fourth-order valence-electron chi connectivity index (χ4n) is 3.83. The van der Waals surface area contributed by atoms with Crippen LogP contribution in [0.25, 0.3) is 0 Å². The van der Waals surface area contributed by atoms with E-state index >= 15 is 0 Å². The van der Waals surface area contributed by atoms with Crippen molar-refractivity contribution in [2.24, 2.45) is 4.99 Å². The predicted octanol–water partition coefficient (Wildman–Crippen LogP) is 3.85. The lowest BCUT2D eigenvalue weighted by Crippen LogP contribution is -2.38. The van der Waals surface area contributed by atoms with Crippen LogP contribution >= 0.6 is 35.0 Å². The lowest BCUT2D eigenvalue weighted by Gasteiger charge is -2.25. The molecule has 32 heavy (non-hydrogen) atoms. The van der Waals surface area contributed by atoms with Gasteiger partial charge < -0.3 is 14.4 Å². The van der Waals surface area contributed by atoms with Crippen LogP contribution in [0.3, 0.4) is 0 Å². The van der Waals surface area contributed by atoms with Gasteiger partial charge in [0.2, 0.25) is 0 Å². The molecule has 2 aromatic carbocycles. The summed E-state index contributed by atoms with van der Waals surface area (Å²) in [5.74, 6) is 0.715. The number of ether oxygens (including phenoxy) is 2. The first-order chi connectivity index (χ1) is 15.2. The van der Waals surface area contributed by atoms with Crippen molar-refractivity contribution in [3.8, 4) is 11.5 Å². The summed E-state index contributed by atoms with van der Waals surface area (Å²) in [6.07, 6.45) is 0.0508. The summed E-state index contributed by atoms with van der Waals surface area (Å²) in [6.45, 7) is 0. The molecule has 2 heterocycles. The Labute approximate surface area is 200 Å². The standard InChI is InChI=1S/C21H20Cl2N2O5S2/c1-29-17-6-3-12(7-18(17)30-2)8-20(26)24-21-25(15-9-13(22)4-5-14(15)23)16-10-32(27,28)11-19(16)31-21/h3-7,9,16,19H,8,10-11H2,1-2H3/t16-,19+/m1/s1. The molecule has 2 aliphatic rings. The van der Waals surface area contributed by atoms with Crippen molar-refractivity contribution in [1.29, 1.82) is 0 Å². The summed E-state index contributed by atoms with van der Waals surface area (Å²) >= 11 is 13.9. The van der Waals surface area contributed by atoms with Crippen LogP contribution in [-0.2, 0) is 21.1 Å². The zero-order valence-corrected chi connectivity index (χ0v) is 20.4. The van der Waals surface area contributed by atoms with E-state index in [0.29, 0.717) is 32.4 Å². The van der Waals surface area contributed by atoms with Crippen LogP contribution in [0.2, 0.25) is 10.0 Å². The monoisotopic (exact) mass is 514 g/mol. The van der Waals surface area contributed by atoms with Crippen LogP contribution in [-0.4, -0.2) is 56.5 Å². The first kappa shape index (κ1) is 23.2. The Morgan fingerprint density at radius 1 is 1.12 bits per heavy atom. The van der Waals surface area contributed by atoms with E-state index in [1.807, 2.05) is 0 Å². The number of benzene rings is 2. The molecule has 7 nitrogen and oxygen atoms in total. The maximum absolute atomic E-state index is 12.8. The van der Waals surface area contributed by atoms with E-state index in [0.717, 1.165) is 5.56 Å². The number of methoxy groups -OCH3 is 2. The molecule has 170 valence electrons. The lowest BCUT2D eigenvalue weighted by atomic mass is 10.1. The van der Waals surface area contributed by atoms with E-state index in [2.05, 4.69) is 4.99 Å². The molecule has 0 aromatic heterocycles. The summed E-state index contributed by atoms with van der Waals surface area (Å²) < 4.78 is 35.0. The number of anilines is 1. The van der Waals surface area contributed by atoms with Crippen LogP contribution in [0.15, 0.2) is 41.4 Å².